The van der Waals surface area contributed by atoms with Crippen molar-refractivity contribution < 1.29 is 0 Å². The van der Waals surface area contributed by atoms with Crippen molar-refractivity contribution in [1.29, 1.82) is 0 Å². The third-order valence-corrected chi connectivity index (χ3v) is 1.64. The van der Waals surface area contributed by atoms with E-state index in [1.165, 1.54) is 11.1 Å². The molecule has 1 rings (SSSR count). The molecule has 0 saturated carbocycles. The molecule has 68 valence electrons. The van der Waals surface area contributed by atoms with Crippen LogP contribution in [0.15, 0.2) is 24.3 Å². The van der Waals surface area contributed by atoms with E-state index in [-0.39, 0.29) is 12.4 Å². The zero-order valence-corrected chi connectivity index (χ0v) is 8.03. The Morgan fingerprint density at radius 1 is 1.42 bits per heavy atom. The third kappa shape index (κ3) is 3.72. The molecule has 0 radical (unpaired) electrons. The molecule has 0 aliphatic carbocycles. The summed E-state index contributed by atoms with van der Waals surface area (Å²) < 4.78 is 0. The Morgan fingerprint density at radius 3 is 2.75 bits per heavy atom. The highest BCUT2D eigenvalue weighted by atomic mass is 35.5. The topological polar surface area (TPSA) is 38.0 Å². The van der Waals surface area contributed by atoms with Crippen LogP contribution in [0.2, 0.25) is 0 Å². The molecule has 0 amide bonds. The van der Waals surface area contributed by atoms with E-state index in [1.54, 1.807) is 0 Å². The number of nitrogens with two attached hydrogens (primary N) is 1. The lowest BCUT2D eigenvalue weighted by Crippen LogP contribution is -2.24. The normalized spacial score (nSPS) is 9.17. The Labute approximate surface area is 79.5 Å². The van der Waals surface area contributed by atoms with E-state index in [0.717, 1.165) is 13.0 Å². The molecule has 0 bridgehead atoms. The van der Waals surface area contributed by atoms with Crippen LogP contribution in [-0.4, -0.2) is 6.54 Å². The number of halogens is 1. The largest absolute Gasteiger partial charge is 0.271 e. The van der Waals surface area contributed by atoms with Gasteiger partial charge in [0.1, 0.15) is 0 Å². The van der Waals surface area contributed by atoms with Crippen molar-refractivity contribution in [2.45, 2.75) is 13.3 Å². The molecular weight excluding hydrogens is 172 g/mol. The first-order valence-electron chi connectivity index (χ1n) is 3.82. The molecule has 0 aromatic heterocycles. The first-order valence-corrected chi connectivity index (χ1v) is 3.82. The molecule has 1 aromatic carbocycles. The molecule has 0 fully saturated rings. The summed E-state index contributed by atoms with van der Waals surface area (Å²) in [7, 11) is 0. The summed E-state index contributed by atoms with van der Waals surface area (Å²) in [5.41, 5.74) is 5.28. The molecule has 0 unspecified atom stereocenters. The summed E-state index contributed by atoms with van der Waals surface area (Å²) in [5, 5.41) is 0. The van der Waals surface area contributed by atoms with Gasteiger partial charge in [-0.25, -0.2) is 0 Å². The van der Waals surface area contributed by atoms with E-state index in [1.807, 2.05) is 0 Å². The van der Waals surface area contributed by atoms with Crippen LogP contribution in [0.4, 0.5) is 0 Å². The zero-order chi connectivity index (χ0) is 8.10. The van der Waals surface area contributed by atoms with Crippen LogP contribution >= 0.6 is 12.4 Å². The summed E-state index contributed by atoms with van der Waals surface area (Å²) in [6.45, 7) is 2.93. The minimum absolute atomic E-state index is 0. The third-order valence-electron chi connectivity index (χ3n) is 1.64. The maximum absolute atomic E-state index is 5.16. The lowest BCUT2D eigenvalue weighted by molar-refractivity contribution is 0.728. The molecule has 12 heavy (non-hydrogen) atoms. The summed E-state index contributed by atoms with van der Waals surface area (Å²) >= 11 is 0. The highest BCUT2D eigenvalue weighted by Gasteiger charge is 1.90. The second-order valence-corrected chi connectivity index (χ2v) is 2.69. The van der Waals surface area contributed by atoms with E-state index in [2.05, 4.69) is 36.6 Å². The molecule has 0 atom stereocenters. The van der Waals surface area contributed by atoms with Crippen molar-refractivity contribution in [3.05, 3.63) is 35.4 Å². The fourth-order valence-electron chi connectivity index (χ4n) is 1.08. The van der Waals surface area contributed by atoms with Crippen molar-refractivity contribution in [2.24, 2.45) is 5.84 Å². The number of hydrogen-bond donors (Lipinski definition) is 2. The number of rotatable bonds is 3. The van der Waals surface area contributed by atoms with Crippen LogP contribution in [0, 0.1) is 6.92 Å². The van der Waals surface area contributed by atoms with Gasteiger partial charge in [0, 0.05) is 6.54 Å². The van der Waals surface area contributed by atoms with Crippen molar-refractivity contribution in [3.63, 3.8) is 0 Å². The van der Waals surface area contributed by atoms with E-state index in [0.29, 0.717) is 0 Å². The van der Waals surface area contributed by atoms with Crippen LogP contribution in [-0.2, 0) is 6.42 Å². The zero-order valence-electron chi connectivity index (χ0n) is 7.21. The number of benzene rings is 1. The molecule has 3 heteroatoms. The molecule has 0 spiro atoms. The molecule has 0 saturated heterocycles. The number of hydrogen-bond acceptors (Lipinski definition) is 2. The average Bonchev–Trinajstić information content (AvgIpc) is 2.01. The van der Waals surface area contributed by atoms with Gasteiger partial charge in [-0.05, 0) is 18.9 Å². The predicted octanol–water partition coefficient (Wildman–Crippen LogP) is 1.42. The number of aryl methyl sites for hydroxylation is 1. The van der Waals surface area contributed by atoms with Crippen LogP contribution in [0.3, 0.4) is 0 Å². The number of nitrogens with one attached hydrogen (secondary N) is 1. The van der Waals surface area contributed by atoms with E-state index < -0.39 is 0 Å². The Hall–Kier alpha value is -0.570. The quantitative estimate of drug-likeness (QED) is 0.554. The van der Waals surface area contributed by atoms with Crippen molar-refractivity contribution >= 4 is 12.4 Å². The second kappa shape index (κ2) is 6.00. The highest BCUT2D eigenvalue weighted by Crippen LogP contribution is 2.03. The van der Waals surface area contributed by atoms with Crippen molar-refractivity contribution in [1.82, 2.24) is 5.43 Å². The van der Waals surface area contributed by atoms with Gasteiger partial charge in [-0.3, -0.25) is 11.3 Å². The van der Waals surface area contributed by atoms with Crippen LogP contribution < -0.4 is 11.3 Å². The maximum atomic E-state index is 5.16. The Balaban J connectivity index is 0.00000121. The van der Waals surface area contributed by atoms with Gasteiger partial charge >= 0.3 is 0 Å². The van der Waals surface area contributed by atoms with E-state index >= 15 is 0 Å². The average molecular weight is 187 g/mol. The van der Waals surface area contributed by atoms with Crippen molar-refractivity contribution in [2.75, 3.05) is 6.54 Å². The van der Waals surface area contributed by atoms with E-state index in [4.69, 9.17) is 5.84 Å². The standard InChI is InChI=1S/C9H14N2.ClH/c1-8-3-2-4-9(7-8)5-6-11-10;/h2-4,7,11H,5-6,10H2,1H3;1H. The summed E-state index contributed by atoms with van der Waals surface area (Å²) in [4.78, 5) is 0. The molecule has 1 aromatic rings. The van der Waals surface area contributed by atoms with E-state index in [9.17, 15) is 0 Å². The lowest BCUT2D eigenvalue weighted by atomic mass is 10.1. The van der Waals surface area contributed by atoms with Gasteiger partial charge in [0.2, 0.25) is 0 Å². The molecular formula is C9H15ClN2. The Kier molecular flexibility index (Phi) is 5.72. The molecule has 0 aliphatic heterocycles. The molecule has 2 nitrogen and oxygen atoms in total. The van der Waals surface area contributed by atoms with Crippen LogP contribution in [0.5, 0.6) is 0 Å². The fraction of sp³-hybridized carbons (Fsp3) is 0.333. The maximum Gasteiger partial charge on any atom is 0.0138 e. The molecule has 0 aliphatic rings. The minimum atomic E-state index is 0. The lowest BCUT2D eigenvalue weighted by Gasteiger charge is -2.00. The van der Waals surface area contributed by atoms with Crippen LogP contribution in [0.25, 0.3) is 0 Å². The Bertz CT molecular complexity index is 226. The van der Waals surface area contributed by atoms with Gasteiger partial charge in [-0.15, -0.1) is 12.4 Å². The second-order valence-electron chi connectivity index (χ2n) is 2.69. The number of hydrazine groups is 1. The minimum Gasteiger partial charge on any atom is -0.271 e. The summed E-state index contributed by atoms with van der Waals surface area (Å²) in [5.74, 6) is 5.16. The Morgan fingerprint density at radius 2 is 2.17 bits per heavy atom. The molecule has 3 N–H and O–H groups in total. The summed E-state index contributed by atoms with van der Waals surface area (Å²) in [6, 6.07) is 8.46. The van der Waals surface area contributed by atoms with Gasteiger partial charge in [0.15, 0.2) is 0 Å². The van der Waals surface area contributed by atoms with Gasteiger partial charge in [0.25, 0.3) is 0 Å². The highest BCUT2D eigenvalue weighted by molar-refractivity contribution is 5.85. The molecule has 0 heterocycles. The van der Waals surface area contributed by atoms with Gasteiger partial charge < -0.3 is 0 Å². The van der Waals surface area contributed by atoms with Gasteiger partial charge in [-0.2, -0.15) is 0 Å². The van der Waals surface area contributed by atoms with Gasteiger partial charge in [0.05, 0.1) is 0 Å². The van der Waals surface area contributed by atoms with Crippen LogP contribution in [0.1, 0.15) is 11.1 Å². The monoisotopic (exact) mass is 186 g/mol. The fourth-order valence-corrected chi connectivity index (χ4v) is 1.08. The van der Waals surface area contributed by atoms with Gasteiger partial charge in [-0.1, -0.05) is 29.8 Å². The SMILES string of the molecule is Cc1cccc(CCNN)c1.Cl. The van der Waals surface area contributed by atoms with Crippen molar-refractivity contribution in [3.8, 4) is 0 Å². The first kappa shape index (κ1) is 11.4. The summed E-state index contributed by atoms with van der Waals surface area (Å²) in [6.07, 6.45) is 0.998. The first-order chi connectivity index (χ1) is 5.33. The smallest absolute Gasteiger partial charge is 0.0138 e. The predicted molar refractivity (Wildman–Crippen MR) is 54.3 cm³/mol.